The molecule has 6 heteroatoms. The van der Waals surface area contributed by atoms with Crippen molar-refractivity contribution in [3.05, 3.63) is 60.2 Å². The van der Waals surface area contributed by atoms with Gasteiger partial charge in [0.2, 0.25) is 0 Å². The average Bonchev–Trinajstić information content (AvgIpc) is 2.47. The number of para-hydroxylation sites is 1. The summed E-state index contributed by atoms with van der Waals surface area (Å²) >= 11 is 0. The van der Waals surface area contributed by atoms with Crippen LogP contribution in [0, 0.1) is 0 Å². The van der Waals surface area contributed by atoms with Crippen LogP contribution in [0.4, 0.5) is 8.78 Å². The fourth-order valence-corrected chi connectivity index (χ4v) is 1.64. The number of alkyl halides is 2. The highest BCUT2D eigenvalue weighted by Gasteiger charge is 2.45. The molecule has 0 saturated heterocycles. The lowest BCUT2D eigenvalue weighted by Crippen LogP contribution is -2.32. The summed E-state index contributed by atoms with van der Waals surface area (Å²) in [6, 6.07) is 13.0. The van der Waals surface area contributed by atoms with Gasteiger partial charge < -0.3 is 9.84 Å². The van der Waals surface area contributed by atoms with Crippen LogP contribution in [0.1, 0.15) is 5.56 Å². The fourth-order valence-electron chi connectivity index (χ4n) is 1.64. The number of hydrogen-bond acceptors (Lipinski definition) is 3. The number of carboxylic acid groups (broad SMARTS) is 1. The largest absolute Gasteiger partial charge is 0.475 e. The third-order valence-corrected chi connectivity index (χ3v) is 2.65. The van der Waals surface area contributed by atoms with Gasteiger partial charge in [0.15, 0.2) is 0 Å². The van der Waals surface area contributed by atoms with Crippen molar-refractivity contribution in [2.45, 2.75) is 5.92 Å². The Labute approximate surface area is 118 Å². The number of rotatable bonds is 5. The molecule has 1 N–H and O–H groups in total. The van der Waals surface area contributed by atoms with E-state index < -0.39 is 23.2 Å². The number of carboxylic acids is 1. The maximum atomic E-state index is 13.7. The monoisotopic (exact) mass is 292 g/mol. The van der Waals surface area contributed by atoms with Crippen molar-refractivity contribution in [3.63, 3.8) is 0 Å². The van der Waals surface area contributed by atoms with Crippen molar-refractivity contribution >= 4 is 11.8 Å². The molecule has 0 saturated carbocycles. The molecule has 0 fully saturated rings. The van der Waals surface area contributed by atoms with E-state index in [9.17, 15) is 18.4 Å². The van der Waals surface area contributed by atoms with Crippen LogP contribution in [0.2, 0.25) is 0 Å². The topological polar surface area (TPSA) is 63.6 Å². The van der Waals surface area contributed by atoms with E-state index in [1.807, 2.05) is 0 Å². The van der Waals surface area contributed by atoms with Gasteiger partial charge in [-0.1, -0.05) is 30.3 Å². The lowest BCUT2D eigenvalue weighted by atomic mass is 10.0. The lowest BCUT2D eigenvalue weighted by molar-refractivity contribution is -0.163. The van der Waals surface area contributed by atoms with E-state index in [2.05, 4.69) is 0 Å². The van der Waals surface area contributed by atoms with Gasteiger partial charge in [-0.15, -0.1) is 0 Å². The Hall–Kier alpha value is -2.76. The predicted molar refractivity (Wildman–Crippen MR) is 69.5 cm³/mol. The first kappa shape index (κ1) is 14.6. The lowest BCUT2D eigenvalue weighted by Gasteiger charge is -2.14. The van der Waals surface area contributed by atoms with E-state index in [-0.39, 0.29) is 5.75 Å². The van der Waals surface area contributed by atoms with E-state index in [1.165, 1.54) is 12.1 Å². The molecule has 2 aromatic carbocycles. The van der Waals surface area contributed by atoms with Gasteiger partial charge in [-0.3, -0.25) is 4.79 Å². The summed E-state index contributed by atoms with van der Waals surface area (Å²) < 4.78 is 32.8. The standard InChI is InChI=1S/C15H10F2O4/c16-15(17,13(18)14(19)20)10-5-4-8-12(9-10)21-11-6-2-1-3-7-11/h1-9H,(H,19,20). The zero-order valence-electron chi connectivity index (χ0n) is 10.6. The Morgan fingerprint density at radius 2 is 1.57 bits per heavy atom. The van der Waals surface area contributed by atoms with Crippen molar-refractivity contribution in [2.75, 3.05) is 0 Å². The molecule has 0 spiro atoms. The van der Waals surface area contributed by atoms with Gasteiger partial charge in [-0.25, -0.2) is 4.79 Å². The Kier molecular flexibility index (Phi) is 3.98. The molecule has 2 rings (SSSR count). The van der Waals surface area contributed by atoms with Gasteiger partial charge in [0, 0.05) is 5.56 Å². The van der Waals surface area contributed by atoms with Crippen LogP contribution >= 0.6 is 0 Å². The number of Topliss-reactive ketones (excluding diaryl/α,β-unsaturated/α-hetero) is 1. The van der Waals surface area contributed by atoms with E-state index in [0.29, 0.717) is 5.75 Å². The van der Waals surface area contributed by atoms with Crippen LogP contribution < -0.4 is 4.74 Å². The second-order valence-corrected chi connectivity index (χ2v) is 4.15. The minimum Gasteiger partial charge on any atom is -0.475 e. The van der Waals surface area contributed by atoms with Crippen LogP contribution in [-0.2, 0) is 15.5 Å². The van der Waals surface area contributed by atoms with Crippen molar-refractivity contribution in [1.82, 2.24) is 0 Å². The maximum absolute atomic E-state index is 13.7. The van der Waals surface area contributed by atoms with Gasteiger partial charge >= 0.3 is 17.7 Å². The van der Waals surface area contributed by atoms with Gasteiger partial charge in [0.25, 0.3) is 0 Å². The normalized spacial score (nSPS) is 11.0. The first-order valence-electron chi connectivity index (χ1n) is 5.90. The Bertz CT molecular complexity index is 668. The SMILES string of the molecule is O=C(O)C(=O)C(F)(F)c1cccc(Oc2ccccc2)c1. The molecular formula is C15H10F2O4. The third-order valence-electron chi connectivity index (χ3n) is 2.65. The number of benzene rings is 2. The highest BCUT2D eigenvalue weighted by molar-refractivity contribution is 6.35. The van der Waals surface area contributed by atoms with Crippen molar-refractivity contribution in [1.29, 1.82) is 0 Å². The highest BCUT2D eigenvalue weighted by Crippen LogP contribution is 2.32. The molecule has 0 radical (unpaired) electrons. The van der Waals surface area contributed by atoms with Gasteiger partial charge in [0.05, 0.1) is 0 Å². The van der Waals surface area contributed by atoms with E-state index in [0.717, 1.165) is 12.1 Å². The summed E-state index contributed by atoms with van der Waals surface area (Å²) in [5.41, 5.74) is -0.733. The Morgan fingerprint density at radius 3 is 2.19 bits per heavy atom. The van der Waals surface area contributed by atoms with E-state index >= 15 is 0 Å². The van der Waals surface area contributed by atoms with E-state index in [4.69, 9.17) is 9.84 Å². The molecule has 0 atom stereocenters. The first-order chi connectivity index (χ1) is 9.91. The summed E-state index contributed by atoms with van der Waals surface area (Å²) in [6.07, 6.45) is 0. The maximum Gasteiger partial charge on any atom is 0.379 e. The molecule has 0 bridgehead atoms. The molecule has 21 heavy (non-hydrogen) atoms. The molecule has 0 amide bonds. The molecule has 2 aromatic rings. The molecule has 0 unspecified atom stereocenters. The number of aliphatic carboxylic acids is 1. The van der Waals surface area contributed by atoms with E-state index in [1.54, 1.807) is 30.3 Å². The van der Waals surface area contributed by atoms with Crippen LogP contribution in [0.3, 0.4) is 0 Å². The summed E-state index contributed by atoms with van der Waals surface area (Å²) in [4.78, 5) is 21.5. The minimum atomic E-state index is -4.11. The molecule has 0 aromatic heterocycles. The molecule has 4 nitrogen and oxygen atoms in total. The van der Waals surface area contributed by atoms with Crippen molar-refractivity contribution < 1.29 is 28.2 Å². The van der Waals surface area contributed by atoms with Crippen LogP contribution in [0.15, 0.2) is 54.6 Å². The first-order valence-corrected chi connectivity index (χ1v) is 5.90. The predicted octanol–water partition coefficient (Wildman–Crippen LogP) is 3.22. The fraction of sp³-hybridized carbons (Fsp3) is 0.0667. The Morgan fingerprint density at radius 1 is 0.952 bits per heavy atom. The summed E-state index contributed by atoms with van der Waals surface area (Å²) in [5, 5.41) is 8.42. The molecule has 0 aliphatic carbocycles. The zero-order chi connectivity index (χ0) is 15.5. The number of carbonyl (C=O) groups is 2. The minimum absolute atomic E-state index is 0.0802. The van der Waals surface area contributed by atoms with Gasteiger partial charge in [-0.2, -0.15) is 8.78 Å². The molecule has 0 aliphatic rings. The number of ether oxygens (including phenoxy) is 1. The van der Waals surface area contributed by atoms with Gasteiger partial charge in [-0.05, 0) is 24.3 Å². The molecule has 0 aliphatic heterocycles. The molecule has 108 valence electrons. The molecule has 0 heterocycles. The number of halogens is 2. The van der Waals surface area contributed by atoms with Crippen LogP contribution in [0.25, 0.3) is 0 Å². The zero-order valence-corrected chi connectivity index (χ0v) is 10.6. The number of ketones is 1. The average molecular weight is 292 g/mol. The number of hydrogen-bond donors (Lipinski definition) is 1. The Balaban J connectivity index is 2.29. The quantitative estimate of drug-likeness (QED) is 0.859. The number of carbonyl (C=O) groups excluding carboxylic acids is 1. The second-order valence-electron chi connectivity index (χ2n) is 4.15. The summed E-state index contributed by atoms with van der Waals surface area (Å²) in [7, 11) is 0. The van der Waals surface area contributed by atoms with Crippen molar-refractivity contribution in [3.8, 4) is 11.5 Å². The smallest absolute Gasteiger partial charge is 0.379 e. The third kappa shape index (κ3) is 3.22. The van der Waals surface area contributed by atoms with Crippen molar-refractivity contribution in [2.24, 2.45) is 0 Å². The second kappa shape index (κ2) is 5.70. The molecular weight excluding hydrogens is 282 g/mol. The van der Waals surface area contributed by atoms with Crippen LogP contribution in [0.5, 0.6) is 11.5 Å². The summed E-state index contributed by atoms with van der Waals surface area (Å²) in [6.45, 7) is 0. The highest BCUT2D eigenvalue weighted by atomic mass is 19.3. The van der Waals surface area contributed by atoms with Crippen LogP contribution in [-0.4, -0.2) is 16.9 Å². The summed E-state index contributed by atoms with van der Waals surface area (Å²) in [5.74, 6) is -7.96. The van der Waals surface area contributed by atoms with Gasteiger partial charge in [0.1, 0.15) is 11.5 Å².